The molecule has 1 rings (SSSR count). The number of hydrogen-bond acceptors (Lipinski definition) is 2. The van der Waals surface area contributed by atoms with Crippen LogP contribution in [0.3, 0.4) is 0 Å². The maximum absolute atomic E-state index is 10.5. The Balaban J connectivity index is 2.76. The molecule has 16 heavy (non-hydrogen) atoms. The Kier molecular flexibility index (Phi) is 5.02. The zero-order valence-electron chi connectivity index (χ0n) is 9.09. The topological polar surface area (TPSA) is 46.5 Å². The fraction of sp³-hybridized carbons (Fsp3) is 0.154. The third kappa shape index (κ3) is 4.57. The van der Waals surface area contributed by atoms with Gasteiger partial charge < -0.3 is 9.84 Å². The molecule has 0 heterocycles. The van der Waals surface area contributed by atoms with Gasteiger partial charge in [-0.25, -0.2) is 4.79 Å². The van der Waals surface area contributed by atoms with Crippen molar-refractivity contribution in [3.05, 3.63) is 53.6 Å². The van der Waals surface area contributed by atoms with Crippen molar-refractivity contribution in [2.45, 2.75) is 0 Å². The lowest BCUT2D eigenvalue weighted by Gasteiger charge is -1.99. The molecule has 0 saturated heterocycles. The minimum Gasteiger partial charge on any atom is -0.478 e. The van der Waals surface area contributed by atoms with E-state index in [4.69, 9.17) is 9.84 Å². The van der Waals surface area contributed by atoms with Crippen LogP contribution < -0.4 is 0 Å². The predicted octanol–water partition coefficient (Wildman–Crippen LogP) is 2.36. The van der Waals surface area contributed by atoms with Gasteiger partial charge in [0.2, 0.25) is 0 Å². The summed E-state index contributed by atoms with van der Waals surface area (Å²) in [6.07, 6.45) is 4.74. The first kappa shape index (κ1) is 12.2. The largest absolute Gasteiger partial charge is 0.478 e. The van der Waals surface area contributed by atoms with E-state index in [2.05, 4.69) is 0 Å². The molecule has 1 N–H and O–H groups in total. The van der Waals surface area contributed by atoms with Crippen LogP contribution in [0, 0.1) is 0 Å². The van der Waals surface area contributed by atoms with E-state index in [9.17, 15) is 4.79 Å². The zero-order valence-corrected chi connectivity index (χ0v) is 9.09. The molecule has 0 atom stereocenters. The molecule has 3 nitrogen and oxygen atoms in total. The van der Waals surface area contributed by atoms with Crippen molar-refractivity contribution in [2.75, 3.05) is 13.7 Å². The molecule has 0 aromatic heterocycles. The summed E-state index contributed by atoms with van der Waals surface area (Å²) in [5.74, 6) is -0.968. The van der Waals surface area contributed by atoms with E-state index < -0.39 is 5.97 Å². The molecule has 1 aromatic rings. The molecule has 0 saturated carbocycles. The standard InChI is InChI=1S/C13H14O3/c1-16-10-12(9-13(14)15)8-7-11-5-3-2-4-6-11/h2-9H,10H2,1H3,(H,14,15)/b8-7+,12-9-. The molecule has 0 unspecified atom stereocenters. The highest BCUT2D eigenvalue weighted by Crippen LogP contribution is 2.05. The van der Waals surface area contributed by atoms with Gasteiger partial charge in [-0.1, -0.05) is 42.5 Å². The second kappa shape index (κ2) is 6.58. The molecule has 0 fully saturated rings. The Labute approximate surface area is 94.7 Å². The summed E-state index contributed by atoms with van der Waals surface area (Å²) in [6.45, 7) is 0.287. The van der Waals surface area contributed by atoms with Gasteiger partial charge in [0, 0.05) is 13.2 Å². The summed E-state index contributed by atoms with van der Waals surface area (Å²) in [5.41, 5.74) is 1.65. The van der Waals surface area contributed by atoms with Crippen molar-refractivity contribution in [1.29, 1.82) is 0 Å². The van der Waals surface area contributed by atoms with Crippen LogP contribution >= 0.6 is 0 Å². The molecule has 84 valence electrons. The normalized spacial score (nSPS) is 11.9. The van der Waals surface area contributed by atoms with Gasteiger partial charge in [0.15, 0.2) is 0 Å². The molecular weight excluding hydrogens is 204 g/mol. The number of aliphatic carboxylic acids is 1. The average Bonchev–Trinajstić information content (AvgIpc) is 2.27. The number of carbonyl (C=O) groups is 1. The number of methoxy groups -OCH3 is 1. The second-order valence-corrected chi connectivity index (χ2v) is 3.23. The summed E-state index contributed by atoms with van der Waals surface area (Å²) in [5, 5.41) is 8.64. The first-order chi connectivity index (χ1) is 7.72. The highest BCUT2D eigenvalue weighted by molar-refractivity contribution is 5.81. The third-order valence-corrected chi connectivity index (χ3v) is 1.91. The van der Waals surface area contributed by atoms with Crippen LogP contribution in [-0.2, 0) is 9.53 Å². The fourth-order valence-electron chi connectivity index (χ4n) is 1.23. The molecule has 0 aliphatic rings. The lowest BCUT2D eigenvalue weighted by molar-refractivity contribution is -0.131. The Bertz CT molecular complexity index is 391. The van der Waals surface area contributed by atoms with E-state index in [1.807, 2.05) is 36.4 Å². The molecule has 0 bridgehead atoms. The minimum atomic E-state index is -0.968. The van der Waals surface area contributed by atoms with E-state index in [1.54, 1.807) is 6.08 Å². The second-order valence-electron chi connectivity index (χ2n) is 3.23. The lowest BCUT2D eigenvalue weighted by Crippen LogP contribution is -1.96. The Morgan fingerprint density at radius 2 is 2.06 bits per heavy atom. The zero-order chi connectivity index (χ0) is 11.8. The summed E-state index contributed by atoms with van der Waals surface area (Å²) >= 11 is 0. The van der Waals surface area contributed by atoms with Gasteiger partial charge in [-0.2, -0.15) is 0 Å². The fourth-order valence-corrected chi connectivity index (χ4v) is 1.23. The van der Waals surface area contributed by atoms with Gasteiger partial charge in [0.25, 0.3) is 0 Å². The van der Waals surface area contributed by atoms with Gasteiger partial charge in [0.1, 0.15) is 0 Å². The Morgan fingerprint density at radius 3 is 2.62 bits per heavy atom. The molecule has 0 amide bonds. The van der Waals surface area contributed by atoms with E-state index in [1.165, 1.54) is 7.11 Å². The van der Waals surface area contributed by atoms with Crippen LogP contribution in [0.15, 0.2) is 48.1 Å². The number of rotatable bonds is 5. The summed E-state index contributed by atoms with van der Waals surface area (Å²) in [7, 11) is 1.53. The smallest absolute Gasteiger partial charge is 0.328 e. The molecule has 0 aliphatic carbocycles. The molecule has 0 radical (unpaired) electrons. The molecular formula is C13H14O3. The van der Waals surface area contributed by atoms with E-state index in [0.29, 0.717) is 5.57 Å². The number of benzene rings is 1. The lowest BCUT2D eigenvalue weighted by atomic mass is 10.1. The van der Waals surface area contributed by atoms with Crippen LogP contribution in [-0.4, -0.2) is 24.8 Å². The Morgan fingerprint density at radius 1 is 1.38 bits per heavy atom. The van der Waals surface area contributed by atoms with Crippen LogP contribution in [0.2, 0.25) is 0 Å². The number of carboxylic acid groups (broad SMARTS) is 1. The van der Waals surface area contributed by atoms with E-state index in [-0.39, 0.29) is 6.61 Å². The first-order valence-corrected chi connectivity index (χ1v) is 4.88. The van der Waals surface area contributed by atoms with Crippen molar-refractivity contribution in [1.82, 2.24) is 0 Å². The van der Waals surface area contributed by atoms with Gasteiger partial charge in [-0.05, 0) is 11.1 Å². The monoisotopic (exact) mass is 218 g/mol. The van der Waals surface area contributed by atoms with Crippen LogP contribution in [0.4, 0.5) is 0 Å². The minimum absolute atomic E-state index is 0.287. The van der Waals surface area contributed by atoms with Crippen molar-refractivity contribution >= 4 is 12.0 Å². The van der Waals surface area contributed by atoms with Gasteiger partial charge in [0.05, 0.1) is 6.61 Å². The van der Waals surface area contributed by atoms with Crippen LogP contribution in [0.5, 0.6) is 0 Å². The third-order valence-electron chi connectivity index (χ3n) is 1.91. The van der Waals surface area contributed by atoms with E-state index >= 15 is 0 Å². The van der Waals surface area contributed by atoms with Gasteiger partial charge >= 0.3 is 5.97 Å². The summed E-state index contributed by atoms with van der Waals surface area (Å²) in [6, 6.07) is 9.68. The molecule has 0 aliphatic heterocycles. The van der Waals surface area contributed by atoms with Gasteiger partial charge in [-0.3, -0.25) is 0 Å². The average molecular weight is 218 g/mol. The predicted molar refractivity (Wildman–Crippen MR) is 63.1 cm³/mol. The molecule has 0 spiro atoms. The maximum atomic E-state index is 10.5. The van der Waals surface area contributed by atoms with Crippen molar-refractivity contribution in [3.8, 4) is 0 Å². The van der Waals surface area contributed by atoms with Crippen LogP contribution in [0.25, 0.3) is 6.08 Å². The summed E-state index contributed by atoms with van der Waals surface area (Å²) < 4.78 is 4.91. The summed E-state index contributed by atoms with van der Waals surface area (Å²) in [4.78, 5) is 10.5. The van der Waals surface area contributed by atoms with Crippen molar-refractivity contribution < 1.29 is 14.6 Å². The number of ether oxygens (including phenoxy) is 1. The molecule has 1 aromatic carbocycles. The van der Waals surface area contributed by atoms with Gasteiger partial charge in [-0.15, -0.1) is 0 Å². The highest BCUT2D eigenvalue weighted by atomic mass is 16.5. The van der Waals surface area contributed by atoms with Crippen molar-refractivity contribution in [2.24, 2.45) is 0 Å². The SMILES string of the molecule is COCC(=C\C(=O)O)/C=C/c1ccccc1. The van der Waals surface area contributed by atoms with Crippen molar-refractivity contribution in [3.63, 3.8) is 0 Å². The Hall–Kier alpha value is -1.87. The number of carboxylic acids is 1. The maximum Gasteiger partial charge on any atom is 0.328 e. The first-order valence-electron chi connectivity index (χ1n) is 4.88. The van der Waals surface area contributed by atoms with E-state index in [0.717, 1.165) is 11.6 Å². The molecule has 3 heteroatoms. The number of hydrogen-bond donors (Lipinski definition) is 1. The highest BCUT2D eigenvalue weighted by Gasteiger charge is 1.96. The van der Waals surface area contributed by atoms with Crippen LogP contribution in [0.1, 0.15) is 5.56 Å². The quantitative estimate of drug-likeness (QED) is 0.609.